The number of carbonyl (C=O) groups excluding carboxylic acids is 2. The standard InChI is InChI=1S/C14H19N3O4/c1-4-5-9-20-14(19)17-8-6-7-16(17)13(18)12-10(2)15-21-11(12)3/h4H,1,5-9H2,2-3H3. The van der Waals surface area contributed by atoms with Crippen LogP contribution in [0.15, 0.2) is 17.2 Å². The van der Waals surface area contributed by atoms with E-state index in [4.69, 9.17) is 9.26 Å². The van der Waals surface area contributed by atoms with Gasteiger partial charge in [-0.1, -0.05) is 11.2 Å². The molecule has 0 aromatic carbocycles. The Balaban J connectivity index is 2.09. The monoisotopic (exact) mass is 293 g/mol. The summed E-state index contributed by atoms with van der Waals surface area (Å²) < 4.78 is 10.1. The van der Waals surface area contributed by atoms with Gasteiger partial charge in [-0.3, -0.25) is 4.79 Å². The molecule has 0 spiro atoms. The number of carbonyl (C=O) groups is 2. The lowest BCUT2D eigenvalue weighted by atomic mass is 10.2. The van der Waals surface area contributed by atoms with Crippen molar-refractivity contribution in [3.63, 3.8) is 0 Å². The molecule has 0 radical (unpaired) electrons. The van der Waals surface area contributed by atoms with Crippen LogP contribution in [0.2, 0.25) is 0 Å². The smallest absolute Gasteiger partial charge is 0.428 e. The van der Waals surface area contributed by atoms with Crippen LogP contribution in [-0.2, 0) is 4.74 Å². The molecule has 0 unspecified atom stereocenters. The van der Waals surface area contributed by atoms with Gasteiger partial charge < -0.3 is 9.26 Å². The summed E-state index contributed by atoms with van der Waals surface area (Å²) in [4.78, 5) is 24.6. The zero-order chi connectivity index (χ0) is 15.4. The Kier molecular flexibility index (Phi) is 4.62. The molecule has 0 N–H and O–H groups in total. The minimum Gasteiger partial charge on any atom is -0.448 e. The fraction of sp³-hybridized carbons (Fsp3) is 0.500. The van der Waals surface area contributed by atoms with Crippen molar-refractivity contribution in [2.24, 2.45) is 0 Å². The molecule has 7 nitrogen and oxygen atoms in total. The summed E-state index contributed by atoms with van der Waals surface area (Å²) in [6, 6.07) is 0. The third-order valence-corrected chi connectivity index (χ3v) is 3.27. The summed E-state index contributed by atoms with van der Waals surface area (Å²) in [5.74, 6) is 0.161. The van der Waals surface area contributed by atoms with E-state index in [2.05, 4.69) is 11.7 Å². The van der Waals surface area contributed by atoms with Gasteiger partial charge in [0.05, 0.1) is 12.3 Å². The zero-order valence-corrected chi connectivity index (χ0v) is 12.3. The first-order valence-corrected chi connectivity index (χ1v) is 6.86. The molecule has 1 saturated heterocycles. The Morgan fingerprint density at radius 3 is 2.71 bits per heavy atom. The van der Waals surface area contributed by atoms with Crippen LogP contribution in [0.4, 0.5) is 4.79 Å². The molecule has 0 atom stereocenters. The lowest BCUT2D eigenvalue weighted by molar-refractivity contribution is 0.0135. The maximum atomic E-state index is 12.6. The van der Waals surface area contributed by atoms with Gasteiger partial charge >= 0.3 is 6.09 Å². The highest BCUT2D eigenvalue weighted by Crippen LogP contribution is 2.20. The second-order valence-corrected chi connectivity index (χ2v) is 4.80. The molecule has 2 heterocycles. The first kappa shape index (κ1) is 15.1. The molecule has 1 aliphatic rings. The molecule has 114 valence electrons. The number of hydrogen-bond acceptors (Lipinski definition) is 5. The minimum atomic E-state index is -0.519. The lowest BCUT2D eigenvalue weighted by Crippen LogP contribution is -2.45. The van der Waals surface area contributed by atoms with Crippen molar-refractivity contribution < 1.29 is 18.8 Å². The van der Waals surface area contributed by atoms with Gasteiger partial charge in [0.15, 0.2) is 0 Å². The fourth-order valence-electron chi connectivity index (χ4n) is 2.23. The van der Waals surface area contributed by atoms with Gasteiger partial charge in [-0.25, -0.2) is 14.8 Å². The number of aryl methyl sites for hydroxylation is 2. The number of aromatic nitrogens is 1. The minimum absolute atomic E-state index is 0.256. The molecule has 2 amide bonds. The number of hydrogen-bond donors (Lipinski definition) is 0. The molecule has 1 aromatic rings. The van der Waals surface area contributed by atoms with Crippen LogP contribution >= 0.6 is 0 Å². The third-order valence-electron chi connectivity index (χ3n) is 3.27. The zero-order valence-electron chi connectivity index (χ0n) is 12.3. The molecule has 0 aliphatic carbocycles. The van der Waals surface area contributed by atoms with E-state index in [0.29, 0.717) is 42.9 Å². The van der Waals surface area contributed by atoms with Gasteiger partial charge in [0.1, 0.15) is 11.3 Å². The Bertz CT molecular complexity index is 533. The van der Waals surface area contributed by atoms with Gasteiger partial charge in [-0.15, -0.1) is 6.58 Å². The quantitative estimate of drug-likeness (QED) is 0.627. The van der Waals surface area contributed by atoms with E-state index in [1.165, 1.54) is 10.0 Å². The van der Waals surface area contributed by atoms with Crippen molar-refractivity contribution in [2.45, 2.75) is 26.7 Å². The van der Waals surface area contributed by atoms with Gasteiger partial charge in [-0.05, 0) is 26.7 Å². The van der Waals surface area contributed by atoms with Crippen LogP contribution in [-0.4, -0.2) is 46.9 Å². The highest BCUT2D eigenvalue weighted by molar-refractivity contribution is 5.97. The van der Waals surface area contributed by atoms with Crippen molar-refractivity contribution in [3.05, 3.63) is 29.7 Å². The number of rotatable bonds is 4. The lowest BCUT2D eigenvalue weighted by Gasteiger charge is -2.26. The summed E-state index contributed by atoms with van der Waals surface area (Å²) in [6.07, 6.45) is 2.45. The van der Waals surface area contributed by atoms with E-state index < -0.39 is 6.09 Å². The molecule has 1 aromatic heterocycles. The van der Waals surface area contributed by atoms with Crippen LogP contribution in [0, 0.1) is 13.8 Å². The summed E-state index contributed by atoms with van der Waals surface area (Å²) >= 11 is 0. The summed E-state index contributed by atoms with van der Waals surface area (Å²) in [5, 5.41) is 6.49. The maximum Gasteiger partial charge on any atom is 0.428 e. The molecule has 21 heavy (non-hydrogen) atoms. The normalized spacial score (nSPS) is 14.4. The highest BCUT2D eigenvalue weighted by atomic mass is 16.6. The molecular weight excluding hydrogens is 274 g/mol. The number of ether oxygens (including phenoxy) is 1. The fourth-order valence-corrected chi connectivity index (χ4v) is 2.23. The van der Waals surface area contributed by atoms with Gasteiger partial charge in [0, 0.05) is 13.1 Å². The maximum absolute atomic E-state index is 12.6. The van der Waals surface area contributed by atoms with Crippen molar-refractivity contribution in [1.82, 2.24) is 15.2 Å². The van der Waals surface area contributed by atoms with E-state index >= 15 is 0 Å². The Morgan fingerprint density at radius 1 is 1.38 bits per heavy atom. The average molecular weight is 293 g/mol. The van der Waals surface area contributed by atoms with E-state index in [1.54, 1.807) is 19.9 Å². The van der Waals surface area contributed by atoms with Gasteiger partial charge in [0.25, 0.3) is 5.91 Å². The topological polar surface area (TPSA) is 75.9 Å². The van der Waals surface area contributed by atoms with E-state index in [1.807, 2.05) is 0 Å². The van der Waals surface area contributed by atoms with Crippen LogP contribution in [0.25, 0.3) is 0 Å². The van der Waals surface area contributed by atoms with Crippen molar-refractivity contribution in [1.29, 1.82) is 0 Å². The van der Waals surface area contributed by atoms with Crippen LogP contribution in [0.5, 0.6) is 0 Å². The number of hydrazine groups is 1. The summed E-state index contributed by atoms with van der Waals surface area (Å²) in [5.41, 5.74) is 0.921. The van der Waals surface area contributed by atoms with Gasteiger partial charge in [0.2, 0.25) is 0 Å². The van der Waals surface area contributed by atoms with Crippen LogP contribution in [0.3, 0.4) is 0 Å². The predicted molar refractivity (Wildman–Crippen MR) is 74.5 cm³/mol. The van der Waals surface area contributed by atoms with Crippen LogP contribution < -0.4 is 0 Å². The summed E-state index contributed by atoms with van der Waals surface area (Å²) in [6.45, 7) is 8.13. The van der Waals surface area contributed by atoms with E-state index in [-0.39, 0.29) is 12.5 Å². The Morgan fingerprint density at radius 2 is 2.10 bits per heavy atom. The average Bonchev–Trinajstić information content (AvgIpc) is 3.06. The van der Waals surface area contributed by atoms with E-state index in [9.17, 15) is 9.59 Å². The molecule has 7 heteroatoms. The van der Waals surface area contributed by atoms with Crippen molar-refractivity contribution in [3.8, 4) is 0 Å². The largest absolute Gasteiger partial charge is 0.448 e. The highest BCUT2D eigenvalue weighted by Gasteiger charge is 2.34. The summed E-state index contributed by atoms with van der Waals surface area (Å²) in [7, 11) is 0. The second-order valence-electron chi connectivity index (χ2n) is 4.80. The van der Waals surface area contributed by atoms with Crippen molar-refractivity contribution >= 4 is 12.0 Å². The molecule has 0 saturated carbocycles. The Hall–Kier alpha value is -2.31. The van der Waals surface area contributed by atoms with Crippen LogP contribution in [0.1, 0.15) is 34.7 Å². The second kappa shape index (κ2) is 6.43. The predicted octanol–water partition coefficient (Wildman–Crippen LogP) is 2.07. The number of nitrogens with zero attached hydrogens (tertiary/aromatic N) is 3. The molecule has 1 fully saturated rings. The molecule has 0 bridgehead atoms. The molecular formula is C14H19N3O4. The first-order chi connectivity index (χ1) is 10.1. The number of amides is 2. The SMILES string of the molecule is C=CCCOC(=O)N1CCCN1C(=O)c1c(C)noc1C. The van der Waals surface area contributed by atoms with Gasteiger partial charge in [-0.2, -0.15) is 0 Å². The Labute approximate surface area is 123 Å². The third kappa shape index (κ3) is 3.07. The molecule has 2 rings (SSSR count). The van der Waals surface area contributed by atoms with E-state index in [0.717, 1.165) is 0 Å². The molecule has 1 aliphatic heterocycles. The first-order valence-electron chi connectivity index (χ1n) is 6.86. The van der Waals surface area contributed by atoms with Crippen molar-refractivity contribution in [2.75, 3.05) is 19.7 Å².